The Morgan fingerprint density at radius 2 is 2.05 bits per heavy atom. The van der Waals surface area contributed by atoms with Crippen molar-refractivity contribution in [2.75, 3.05) is 13.2 Å². The molecule has 3 N–H and O–H groups in total. The number of carboxylic acid groups (broad SMARTS) is 1. The quantitative estimate of drug-likeness (QED) is 0.372. The number of carboxylic acids is 1. The zero-order chi connectivity index (χ0) is 16.5. The lowest BCUT2D eigenvalue weighted by Gasteiger charge is -2.12. The first-order valence-electron chi connectivity index (χ1n) is 6.45. The van der Waals surface area contributed by atoms with Crippen LogP contribution in [0, 0.1) is 10.1 Å². The molecule has 0 heterocycles. The number of ether oxygens (including phenoxy) is 1. The van der Waals surface area contributed by atoms with Crippen molar-refractivity contribution in [3.63, 3.8) is 0 Å². The van der Waals surface area contributed by atoms with E-state index in [4.69, 9.17) is 9.84 Å². The molecule has 0 aliphatic rings. The number of aliphatic hydroxyl groups excluding tert-OH is 1. The number of aliphatic hydroxyl groups is 1. The van der Waals surface area contributed by atoms with Crippen LogP contribution in [-0.2, 0) is 9.53 Å². The number of carbonyl (C=O) groups is 2. The van der Waals surface area contributed by atoms with Gasteiger partial charge in [-0.3, -0.25) is 14.9 Å². The molecule has 9 nitrogen and oxygen atoms in total. The third-order valence-electron chi connectivity index (χ3n) is 2.70. The highest BCUT2D eigenvalue weighted by Crippen LogP contribution is 2.24. The Morgan fingerprint density at radius 1 is 1.36 bits per heavy atom. The average molecular weight is 312 g/mol. The van der Waals surface area contributed by atoms with E-state index in [9.17, 15) is 24.8 Å². The van der Waals surface area contributed by atoms with E-state index in [2.05, 4.69) is 5.32 Å². The molecule has 0 aromatic heterocycles. The topological polar surface area (TPSA) is 139 Å². The van der Waals surface area contributed by atoms with Crippen LogP contribution in [0.1, 0.15) is 24.5 Å². The fourth-order valence-electron chi connectivity index (χ4n) is 1.66. The highest BCUT2D eigenvalue weighted by molar-refractivity contribution is 5.68. The zero-order valence-corrected chi connectivity index (χ0v) is 11.6. The second-order valence-electron chi connectivity index (χ2n) is 4.35. The lowest BCUT2D eigenvalue weighted by atomic mass is 10.1. The van der Waals surface area contributed by atoms with E-state index in [0.29, 0.717) is 0 Å². The highest BCUT2D eigenvalue weighted by Gasteiger charge is 2.20. The number of amides is 1. The Hall–Kier alpha value is -2.68. The largest absolute Gasteiger partial charge is 0.481 e. The number of nitrogens with zero attached hydrogens (tertiary/aromatic N) is 1. The number of benzene rings is 1. The number of nitro groups is 1. The minimum atomic E-state index is -1.33. The van der Waals surface area contributed by atoms with Crippen LogP contribution in [0.15, 0.2) is 24.3 Å². The summed E-state index contributed by atoms with van der Waals surface area (Å²) in [6.45, 7) is -0.331. The van der Waals surface area contributed by atoms with Crippen LogP contribution in [0.3, 0.4) is 0 Å². The van der Waals surface area contributed by atoms with E-state index in [1.807, 2.05) is 0 Å². The minimum absolute atomic E-state index is 0.0474. The molecule has 0 aliphatic carbocycles. The maximum atomic E-state index is 11.3. The second kappa shape index (κ2) is 8.57. The normalized spacial score (nSPS) is 11.5. The number of carbonyl (C=O) groups excluding carboxylic acids is 1. The molecule has 0 saturated heterocycles. The van der Waals surface area contributed by atoms with E-state index in [1.54, 1.807) is 0 Å². The first-order valence-corrected chi connectivity index (χ1v) is 6.45. The molecule has 0 aliphatic heterocycles. The molecule has 1 amide bonds. The van der Waals surface area contributed by atoms with Crippen molar-refractivity contribution in [2.45, 2.75) is 18.9 Å². The maximum Gasteiger partial charge on any atom is 0.407 e. The SMILES string of the molecule is O=C(O)CCCNC(=O)OCC(O)c1ccccc1[N+](=O)[O-]. The second-order valence-corrected chi connectivity index (χ2v) is 4.35. The van der Waals surface area contributed by atoms with Gasteiger partial charge in [-0.15, -0.1) is 0 Å². The van der Waals surface area contributed by atoms with Gasteiger partial charge in [-0.25, -0.2) is 4.79 Å². The van der Waals surface area contributed by atoms with Crippen molar-refractivity contribution in [3.05, 3.63) is 39.9 Å². The van der Waals surface area contributed by atoms with E-state index in [-0.39, 0.29) is 30.6 Å². The number of hydrogen-bond donors (Lipinski definition) is 3. The average Bonchev–Trinajstić information content (AvgIpc) is 2.49. The Kier molecular flexibility index (Phi) is 6.77. The number of alkyl carbamates (subject to hydrolysis) is 1. The first-order chi connectivity index (χ1) is 10.4. The molecule has 1 atom stereocenters. The van der Waals surface area contributed by atoms with E-state index in [1.165, 1.54) is 24.3 Å². The molecule has 0 bridgehead atoms. The summed E-state index contributed by atoms with van der Waals surface area (Å²) >= 11 is 0. The molecule has 1 aromatic carbocycles. The van der Waals surface area contributed by atoms with Gasteiger partial charge in [0.05, 0.1) is 10.5 Å². The number of nitro benzene ring substituents is 1. The number of rotatable bonds is 8. The lowest BCUT2D eigenvalue weighted by molar-refractivity contribution is -0.386. The molecular weight excluding hydrogens is 296 g/mol. The summed E-state index contributed by atoms with van der Waals surface area (Å²) in [5, 5.41) is 31.4. The van der Waals surface area contributed by atoms with Crippen molar-refractivity contribution in [1.29, 1.82) is 0 Å². The maximum absolute atomic E-state index is 11.3. The van der Waals surface area contributed by atoms with Crippen LogP contribution in [0.2, 0.25) is 0 Å². The van der Waals surface area contributed by atoms with E-state index < -0.39 is 29.7 Å². The third-order valence-corrected chi connectivity index (χ3v) is 2.70. The number of hydrogen-bond acceptors (Lipinski definition) is 6. The van der Waals surface area contributed by atoms with Gasteiger partial charge < -0.3 is 20.3 Å². The van der Waals surface area contributed by atoms with Crippen LogP contribution in [0.5, 0.6) is 0 Å². The summed E-state index contributed by atoms with van der Waals surface area (Å²) < 4.78 is 4.73. The Morgan fingerprint density at radius 3 is 2.68 bits per heavy atom. The van der Waals surface area contributed by atoms with Gasteiger partial charge in [0.15, 0.2) is 0 Å². The van der Waals surface area contributed by atoms with Crippen molar-refractivity contribution in [2.24, 2.45) is 0 Å². The fourth-order valence-corrected chi connectivity index (χ4v) is 1.66. The molecule has 0 spiro atoms. The molecule has 1 unspecified atom stereocenters. The van der Waals surface area contributed by atoms with Crippen LogP contribution in [-0.4, -0.2) is 40.4 Å². The van der Waals surface area contributed by atoms with Crippen LogP contribution < -0.4 is 5.32 Å². The van der Waals surface area contributed by atoms with E-state index in [0.717, 1.165) is 0 Å². The number of nitrogens with one attached hydrogen (secondary N) is 1. The number of aliphatic carboxylic acids is 1. The Labute approximate surface area is 125 Å². The molecule has 22 heavy (non-hydrogen) atoms. The van der Waals surface area contributed by atoms with Crippen LogP contribution >= 0.6 is 0 Å². The predicted octanol–water partition coefficient (Wildman–Crippen LogP) is 1.22. The molecular formula is C13H16N2O7. The lowest BCUT2D eigenvalue weighted by Crippen LogP contribution is -2.27. The van der Waals surface area contributed by atoms with Gasteiger partial charge in [0.1, 0.15) is 12.7 Å². The Bertz CT molecular complexity index is 547. The summed E-state index contributed by atoms with van der Waals surface area (Å²) in [5.74, 6) is -0.970. The summed E-state index contributed by atoms with van der Waals surface area (Å²) in [6, 6.07) is 5.60. The summed E-state index contributed by atoms with van der Waals surface area (Å²) in [7, 11) is 0. The van der Waals surface area contributed by atoms with Crippen LogP contribution in [0.25, 0.3) is 0 Å². The van der Waals surface area contributed by atoms with Gasteiger partial charge in [0.2, 0.25) is 0 Å². The van der Waals surface area contributed by atoms with Gasteiger partial charge in [0.25, 0.3) is 5.69 Å². The minimum Gasteiger partial charge on any atom is -0.481 e. The number of para-hydroxylation sites is 1. The fraction of sp³-hybridized carbons (Fsp3) is 0.385. The molecule has 9 heteroatoms. The van der Waals surface area contributed by atoms with Gasteiger partial charge in [-0.2, -0.15) is 0 Å². The summed E-state index contributed by atoms with van der Waals surface area (Å²) in [5.41, 5.74) is -0.216. The third kappa shape index (κ3) is 5.75. The van der Waals surface area contributed by atoms with Gasteiger partial charge in [0, 0.05) is 19.0 Å². The molecule has 0 saturated carbocycles. The van der Waals surface area contributed by atoms with Gasteiger partial charge >= 0.3 is 12.1 Å². The highest BCUT2D eigenvalue weighted by atomic mass is 16.6. The van der Waals surface area contributed by atoms with Crippen molar-refractivity contribution in [1.82, 2.24) is 5.32 Å². The van der Waals surface area contributed by atoms with Crippen molar-refractivity contribution >= 4 is 17.7 Å². The molecule has 0 radical (unpaired) electrons. The molecule has 1 rings (SSSR count). The molecule has 0 fully saturated rings. The Balaban J connectivity index is 2.43. The molecule has 120 valence electrons. The van der Waals surface area contributed by atoms with E-state index >= 15 is 0 Å². The van der Waals surface area contributed by atoms with Crippen LogP contribution in [0.4, 0.5) is 10.5 Å². The molecule has 1 aromatic rings. The smallest absolute Gasteiger partial charge is 0.407 e. The zero-order valence-electron chi connectivity index (χ0n) is 11.6. The first kappa shape index (κ1) is 17.4. The van der Waals surface area contributed by atoms with Crippen molar-refractivity contribution < 1.29 is 29.5 Å². The van der Waals surface area contributed by atoms with Crippen molar-refractivity contribution in [3.8, 4) is 0 Å². The standard InChI is InChI=1S/C13H16N2O7/c16-11(9-4-1-2-5-10(9)15(20)21)8-22-13(19)14-7-3-6-12(17)18/h1-2,4-5,11,16H,3,6-8H2,(H,14,19)(H,17,18). The monoisotopic (exact) mass is 312 g/mol. The van der Waals surface area contributed by atoms with Gasteiger partial charge in [-0.1, -0.05) is 12.1 Å². The van der Waals surface area contributed by atoms with Gasteiger partial charge in [-0.05, 0) is 12.5 Å². The summed E-state index contributed by atoms with van der Waals surface area (Å²) in [4.78, 5) is 31.8. The summed E-state index contributed by atoms with van der Waals surface area (Å²) in [6.07, 6.45) is -2.00. The predicted molar refractivity (Wildman–Crippen MR) is 74.3 cm³/mol.